The maximum absolute atomic E-state index is 8.82. The smallest absolute Gasteiger partial charge is 0.162 e. The van der Waals surface area contributed by atoms with Crippen molar-refractivity contribution >= 4 is 39.9 Å². The molecule has 14 heavy (non-hydrogen) atoms. The van der Waals surface area contributed by atoms with Gasteiger partial charge in [-0.05, 0) is 24.7 Å². The van der Waals surface area contributed by atoms with Gasteiger partial charge in [-0.25, -0.2) is 0 Å². The minimum absolute atomic E-state index is 0.288. The first-order valence-electron chi connectivity index (χ1n) is 3.99. The Bertz CT molecular complexity index is 345. The zero-order chi connectivity index (χ0) is 10.6. The fourth-order valence-corrected chi connectivity index (χ4v) is 2.61. The van der Waals surface area contributed by atoms with E-state index in [1.54, 1.807) is 11.8 Å². The Kier molecular flexibility index (Phi) is 4.52. The van der Waals surface area contributed by atoms with E-state index in [9.17, 15) is 0 Å². The van der Waals surface area contributed by atoms with Gasteiger partial charge in [-0.2, -0.15) is 21.4 Å². The van der Waals surface area contributed by atoms with E-state index in [4.69, 9.17) is 16.9 Å². The largest absolute Gasteiger partial charge is 0.371 e. The molecule has 0 saturated heterocycles. The third-order valence-electron chi connectivity index (χ3n) is 1.56. The third-order valence-corrected chi connectivity index (χ3v) is 3.54. The monoisotopic (exact) mass is 247 g/mol. The Balaban J connectivity index is 2.72. The summed E-state index contributed by atoms with van der Waals surface area (Å²) in [7, 11) is 0. The van der Waals surface area contributed by atoms with E-state index in [0.717, 1.165) is 10.8 Å². The molecule has 0 saturated carbocycles. The molecule has 1 aromatic rings. The van der Waals surface area contributed by atoms with Crippen LogP contribution < -0.4 is 5.32 Å². The summed E-state index contributed by atoms with van der Waals surface area (Å²) < 4.78 is 3.92. The summed E-state index contributed by atoms with van der Waals surface area (Å²) in [5.74, 6) is 0.986. The minimum atomic E-state index is 0.288. The van der Waals surface area contributed by atoms with Gasteiger partial charge in [0.15, 0.2) is 5.15 Å². The first kappa shape index (κ1) is 11.6. The number of halogens is 1. The van der Waals surface area contributed by atoms with Crippen molar-refractivity contribution in [1.29, 1.82) is 5.26 Å². The normalized spacial score (nSPS) is 12.1. The molecule has 6 heteroatoms. The van der Waals surface area contributed by atoms with Crippen LogP contribution in [0.3, 0.4) is 0 Å². The summed E-state index contributed by atoms with van der Waals surface area (Å²) in [6.07, 6.45) is 2.04. The summed E-state index contributed by atoms with van der Waals surface area (Å²) in [5.41, 5.74) is 0.449. The molecule has 0 bridgehead atoms. The lowest BCUT2D eigenvalue weighted by atomic mass is 10.3. The van der Waals surface area contributed by atoms with Crippen LogP contribution in [0.2, 0.25) is 5.15 Å². The Labute approximate surface area is 96.6 Å². The van der Waals surface area contributed by atoms with E-state index in [-0.39, 0.29) is 5.15 Å². The Morgan fingerprint density at radius 1 is 1.79 bits per heavy atom. The van der Waals surface area contributed by atoms with Crippen LogP contribution in [0.4, 0.5) is 5.00 Å². The molecule has 0 aromatic carbocycles. The minimum Gasteiger partial charge on any atom is -0.371 e. The van der Waals surface area contributed by atoms with E-state index in [1.165, 1.54) is 11.5 Å². The van der Waals surface area contributed by atoms with E-state index in [0.29, 0.717) is 11.6 Å². The van der Waals surface area contributed by atoms with Crippen molar-refractivity contribution in [2.24, 2.45) is 0 Å². The van der Waals surface area contributed by atoms with Crippen LogP contribution in [0.5, 0.6) is 0 Å². The van der Waals surface area contributed by atoms with Crippen molar-refractivity contribution < 1.29 is 0 Å². The van der Waals surface area contributed by atoms with Gasteiger partial charge in [0.05, 0.1) is 0 Å². The second-order valence-electron chi connectivity index (χ2n) is 2.79. The van der Waals surface area contributed by atoms with Crippen LogP contribution >= 0.6 is 34.9 Å². The molecule has 0 aliphatic heterocycles. The Morgan fingerprint density at radius 2 is 2.50 bits per heavy atom. The maximum Gasteiger partial charge on any atom is 0.162 e. The molecule has 1 rings (SSSR count). The highest BCUT2D eigenvalue weighted by molar-refractivity contribution is 7.98. The van der Waals surface area contributed by atoms with Gasteiger partial charge in [0, 0.05) is 11.8 Å². The summed E-state index contributed by atoms with van der Waals surface area (Å²) in [6, 6.07) is 2.35. The van der Waals surface area contributed by atoms with Crippen molar-refractivity contribution in [2.45, 2.75) is 13.0 Å². The van der Waals surface area contributed by atoms with Gasteiger partial charge in [-0.15, -0.1) is 0 Å². The SMILES string of the molecule is CSCC(C)Nc1snc(Cl)c1C#N. The molecule has 1 unspecified atom stereocenters. The van der Waals surface area contributed by atoms with Gasteiger partial charge in [-0.1, -0.05) is 11.6 Å². The third kappa shape index (κ3) is 2.77. The van der Waals surface area contributed by atoms with Crippen LogP contribution in [0, 0.1) is 11.3 Å². The second kappa shape index (κ2) is 5.44. The lowest BCUT2D eigenvalue weighted by molar-refractivity contribution is 0.919. The average Bonchev–Trinajstić information content (AvgIpc) is 2.47. The molecule has 1 N–H and O–H groups in total. The fraction of sp³-hybridized carbons (Fsp3) is 0.500. The molecule has 76 valence electrons. The molecule has 0 spiro atoms. The summed E-state index contributed by atoms with van der Waals surface area (Å²) in [6.45, 7) is 2.06. The number of hydrogen-bond acceptors (Lipinski definition) is 5. The predicted molar refractivity (Wildman–Crippen MR) is 63.3 cm³/mol. The van der Waals surface area contributed by atoms with Crippen molar-refractivity contribution in [3.63, 3.8) is 0 Å². The highest BCUT2D eigenvalue weighted by atomic mass is 35.5. The molecule has 1 aromatic heterocycles. The first-order chi connectivity index (χ1) is 6.69. The van der Waals surface area contributed by atoms with Gasteiger partial charge in [0.2, 0.25) is 0 Å². The highest BCUT2D eigenvalue weighted by Gasteiger charge is 2.13. The molecule has 0 radical (unpaired) electrons. The van der Waals surface area contributed by atoms with E-state index in [1.807, 2.05) is 12.3 Å². The molecule has 0 amide bonds. The molecule has 0 aliphatic carbocycles. The lowest BCUT2D eigenvalue weighted by Crippen LogP contribution is -2.17. The van der Waals surface area contributed by atoms with Crippen LogP contribution in [0.25, 0.3) is 0 Å². The van der Waals surface area contributed by atoms with Gasteiger partial charge in [0.25, 0.3) is 0 Å². The molecule has 0 aliphatic rings. The van der Waals surface area contributed by atoms with Crippen molar-refractivity contribution in [3.8, 4) is 6.07 Å². The molecule has 1 heterocycles. The summed E-state index contributed by atoms with van der Waals surface area (Å²) in [5, 5.41) is 13.1. The second-order valence-corrected chi connectivity index (χ2v) is 4.83. The average molecular weight is 248 g/mol. The van der Waals surface area contributed by atoms with Crippen LogP contribution in [-0.2, 0) is 0 Å². The number of anilines is 1. The van der Waals surface area contributed by atoms with Gasteiger partial charge in [0.1, 0.15) is 16.6 Å². The van der Waals surface area contributed by atoms with Crippen molar-refractivity contribution in [3.05, 3.63) is 10.7 Å². The summed E-state index contributed by atoms with van der Waals surface area (Å²) in [4.78, 5) is 0. The van der Waals surface area contributed by atoms with E-state index in [2.05, 4.69) is 16.6 Å². The number of aromatic nitrogens is 1. The van der Waals surface area contributed by atoms with E-state index >= 15 is 0 Å². The fourth-order valence-electron chi connectivity index (χ4n) is 0.982. The standard InChI is InChI=1S/C8H10ClN3S2/c1-5(4-13-2)11-8-6(3-10)7(9)12-14-8/h5,11H,4H2,1-2H3. The number of nitrogens with zero attached hydrogens (tertiary/aromatic N) is 2. The predicted octanol–water partition coefficient (Wildman–Crippen LogP) is 2.83. The van der Waals surface area contributed by atoms with E-state index < -0.39 is 0 Å². The molecule has 0 fully saturated rings. The number of nitriles is 1. The summed E-state index contributed by atoms with van der Waals surface area (Å²) >= 11 is 8.72. The Morgan fingerprint density at radius 3 is 3.07 bits per heavy atom. The Hall–Kier alpha value is -0.440. The van der Waals surface area contributed by atoms with Crippen LogP contribution in [-0.4, -0.2) is 22.4 Å². The number of nitrogens with one attached hydrogen (secondary N) is 1. The van der Waals surface area contributed by atoms with Crippen molar-refractivity contribution in [2.75, 3.05) is 17.3 Å². The molecular weight excluding hydrogens is 238 g/mol. The molecular formula is C8H10ClN3S2. The maximum atomic E-state index is 8.82. The van der Waals surface area contributed by atoms with Gasteiger partial charge in [-0.3, -0.25) is 0 Å². The topological polar surface area (TPSA) is 48.7 Å². The quantitative estimate of drug-likeness (QED) is 0.889. The zero-order valence-corrected chi connectivity index (χ0v) is 10.3. The number of rotatable bonds is 4. The molecule has 3 nitrogen and oxygen atoms in total. The lowest BCUT2D eigenvalue weighted by Gasteiger charge is -2.11. The molecule has 1 atom stereocenters. The first-order valence-corrected chi connectivity index (χ1v) is 6.54. The highest BCUT2D eigenvalue weighted by Crippen LogP contribution is 2.28. The van der Waals surface area contributed by atoms with Crippen LogP contribution in [0.1, 0.15) is 12.5 Å². The van der Waals surface area contributed by atoms with Gasteiger partial charge >= 0.3 is 0 Å². The number of hydrogen-bond donors (Lipinski definition) is 1. The number of thioether (sulfide) groups is 1. The van der Waals surface area contributed by atoms with Crippen LogP contribution in [0.15, 0.2) is 0 Å². The zero-order valence-electron chi connectivity index (χ0n) is 7.87. The van der Waals surface area contributed by atoms with Gasteiger partial charge < -0.3 is 5.32 Å². The van der Waals surface area contributed by atoms with Crippen molar-refractivity contribution in [1.82, 2.24) is 4.37 Å².